The Balaban J connectivity index is 2.14. The van der Waals surface area contributed by atoms with E-state index in [-0.39, 0.29) is 25.0 Å². The van der Waals surface area contributed by atoms with E-state index in [2.05, 4.69) is 10.3 Å². The maximum absolute atomic E-state index is 12.3. The molecule has 7 heteroatoms. The smallest absolute Gasteiger partial charge is 0.235 e. The summed E-state index contributed by atoms with van der Waals surface area (Å²) in [4.78, 5) is 29.1. The molecule has 7 nitrogen and oxygen atoms in total. The molecule has 2 rings (SSSR count). The van der Waals surface area contributed by atoms with Crippen LogP contribution in [0.1, 0.15) is 17.4 Å². The van der Waals surface area contributed by atoms with Gasteiger partial charge in [-0.3, -0.25) is 14.5 Å². The lowest BCUT2D eigenvalue weighted by atomic mass is 10.1. The molecule has 0 aliphatic carbocycles. The molecule has 0 saturated carbocycles. The first kappa shape index (κ1) is 16.7. The maximum atomic E-state index is 12.3. The van der Waals surface area contributed by atoms with E-state index in [1.807, 2.05) is 48.1 Å². The Morgan fingerprint density at radius 3 is 2.57 bits per heavy atom. The van der Waals surface area contributed by atoms with Gasteiger partial charge in [0.15, 0.2) is 0 Å². The average molecular weight is 315 g/mol. The minimum absolute atomic E-state index is 0.0336. The number of hydrogen-bond donors (Lipinski definition) is 2. The predicted molar refractivity (Wildman–Crippen MR) is 86.3 cm³/mol. The fourth-order valence-electron chi connectivity index (χ4n) is 2.37. The highest BCUT2D eigenvalue weighted by atomic mass is 16.2. The summed E-state index contributed by atoms with van der Waals surface area (Å²) in [6.07, 6.45) is 3.52. The van der Waals surface area contributed by atoms with Gasteiger partial charge in [0.25, 0.3) is 0 Å². The van der Waals surface area contributed by atoms with Crippen LogP contribution in [0.5, 0.6) is 0 Å². The molecule has 0 bridgehead atoms. The van der Waals surface area contributed by atoms with Crippen LogP contribution < -0.4 is 11.1 Å². The zero-order valence-corrected chi connectivity index (χ0v) is 13.3. The molecule has 0 aliphatic heterocycles. The molecule has 1 atom stereocenters. The number of rotatable bonds is 7. The van der Waals surface area contributed by atoms with Gasteiger partial charge in [0.2, 0.25) is 11.8 Å². The Labute approximate surface area is 135 Å². The summed E-state index contributed by atoms with van der Waals surface area (Å²) in [5.74, 6) is 0.0664. The second-order valence-corrected chi connectivity index (χ2v) is 5.45. The number of likely N-dealkylation sites (N-methyl/N-ethyl adjacent to an activating group) is 1. The molecule has 122 valence electrons. The highest BCUT2D eigenvalue weighted by Crippen LogP contribution is 2.19. The first-order valence-corrected chi connectivity index (χ1v) is 7.25. The number of nitrogens with zero attached hydrogens (tertiary/aromatic N) is 3. The fourth-order valence-corrected chi connectivity index (χ4v) is 2.37. The van der Waals surface area contributed by atoms with Crippen molar-refractivity contribution in [1.82, 2.24) is 19.8 Å². The van der Waals surface area contributed by atoms with Crippen molar-refractivity contribution in [3.8, 4) is 0 Å². The number of amides is 2. The summed E-state index contributed by atoms with van der Waals surface area (Å²) >= 11 is 0. The Morgan fingerprint density at radius 2 is 2.00 bits per heavy atom. The van der Waals surface area contributed by atoms with Gasteiger partial charge in [-0.05, 0) is 12.6 Å². The Hall–Kier alpha value is -2.67. The van der Waals surface area contributed by atoms with Gasteiger partial charge in [-0.1, -0.05) is 30.3 Å². The van der Waals surface area contributed by atoms with E-state index in [1.165, 1.54) is 0 Å². The number of primary amides is 1. The van der Waals surface area contributed by atoms with Gasteiger partial charge < -0.3 is 15.6 Å². The van der Waals surface area contributed by atoms with Gasteiger partial charge in [0.05, 0.1) is 13.1 Å². The second kappa shape index (κ2) is 7.55. The van der Waals surface area contributed by atoms with E-state index in [4.69, 9.17) is 5.73 Å². The molecule has 23 heavy (non-hydrogen) atoms. The van der Waals surface area contributed by atoms with Crippen molar-refractivity contribution in [2.75, 3.05) is 20.1 Å². The summed E-state index contributed by atoms with van der Waals surface area (Å²) in [5, 5.41) is 2.96. The van der Waals surface area contributed by atoms with Crippen molar-refractivity contribution in [3.05, 3.63) is 54.1 Å². The van der Waals surface area contributed by atoms with E-state index in [0.29, 0.717) is 0 Å². The lowest BCUT2D eigenvalue weighted by molar-refractivity contribution is -0.123. The Morgan fingerprint density at radius 1 is 1.30 bits per heavy atom. The molecule has 0 aliphatic rings. The van der Waals surface area contributed by atoms with Crippen molar-refractivity contribution in [3.63, 3.8) is 0 Å². The number of aryl methyl sites for hydroxylation is 1. The van der Waals surface area contributed by atoms with Gasteiger partial charge in [-0.25, -0.2) is 4.98 Å². The number of benzene rings is 1. The molecule has 0 unspecified atom stereocenters. The molecule has 0 fully saturated rings. The number of hydrogen-bond acceptors (Lipinski definition) is 4. The van der Waals surface area contributed by atoms with E-state index in [9.17, 15) is 9.59 Å². The zero-order chi connectivity index (χ0) is 16.8. The minimum atomic E-state index is -0.469. The van der Waals surface area contributed by atoms with Crippen molar-refractivity contribution in [2.45, 2.75) is 6.04 Å². The summed E-state index contributed by atoms with van der Waals surface area (Å²) in [5.41, 5.74) is 6.07. The van der Waals surface area contributed by atoms with Crippen molar-refractivity contribution in [2.24, 2.45) is 12.8 Å². The lowest BCUT2D eigenvalue weighted by Crippen LogP contribution is -2.41. The molecule has 1 aromatic heterocycles. The first-order valence-electron chi connectivity index (χ1n) is 7.25. The third-order valence-electron chi connectivity index (χ3n) is 3.39. The fraction of sp³-hybridized carbons (Fsp3) is 0.312. The monoisotopic (exact) mass is 315 g/mol. The van der Waals surface area contributed by atoms with Crippen LogP contribution in [-0.4, -0.2) is 46.4 Å². The van der Waals surface area contributed by atoms with Crippen molar-refractivity contribution in [1.29, 1.82) is 0 Å². The summed E-state index contributed by atoms with van der Waals surface area (Å²) < 4.78 is 1.87. The van der Waals surface area contributed by atoms with Crippen LogP contribution in [0.4, 0.5) is 0 Å². The number of nitrogens with two attached hydrogens (primary N) is 1. The van der Waals surface area contributed by atoms with E-state index in [1.54, 1.807) is 18.1 Å². The second-order valence-electron chi connectivity index (χ2n) is 5.45. The van der Waals surface area contributed by atoms with Crippen LogP contribution >= 0.6 is 0 Å². The summed E-state index contributed by atoms with van der Waals surface area (Å²) in [6, 6.07) is 9.26. The quantitative estimate of drug-likeness (QED) is 0.754. The molecule has 2 aromatic rings. The molecule has 3 N–H and O–H groups in total. The van der Waals surface area contributed by atoms with Crippen molar-refractivity contribution < 1.29 is 9.59 Å². The molecule has 1 heterocycles. The summed E-state index contributed by atoms with van der Waals surface area (Å²) in [7, 11) is 3.55. The topological polar surface area (TPSA) is 93.2 Å². The van der Waals surface area contributed by atoms with Crippen LogP contribution in [0.3, 0.4) is 0 Å². The zero-order valence-electron chi connectivity index (χ0n) is 13.3. The number of nitrogens with one attached hydrogen (secondary N) is 1. The highest BCUT2D eigenvalue weighted by Gasteiger charge is 2.21. The lowest BCUT2D eigenvalue weighted by Gasteiger charge is -2.21. The molecule has 0 radical (unpaired) electrons. The van der Waals surface area contributed by atoms with Crippen LogP contribution in [0, 0.1) is 0 Å². The van der Waals surface area contributed by atoms with Crippen LogP contribution in [-0.2, 0) is 16.6 Å². The van der Waals surface area contributed by atoms with Crippen LogP contribution in [0.25, 0.3) is 0 Å². The van der Waals surface area contributed by atoms with Gasteiger partial charge >= 0.3 is 0 Å². The minimum Gasteiger partial charge on any atom is -0.369 e. The number of carbonyl (C=O) groups excluding carboxylic acids is 2. The van der Waals surface area contributed by atoms with Crippen LogP contribution in [0.15, 0.2) is 42.7 Å². The van der Waals surface area contributed by atoms with E-state index in [0.717, 1.165) is 11.4 Å². The third kappa shape index (κ3) is 4.65. The number of aromatic nitrogens is 2. The predicted octanol–water partition coefficient (Wildman–Crippen LogP) is 0.0428. The molecule has 2 amide bonds. The number of imidazole rings is 1. The van der Waals surface area contributed by atoms with Crippen LogP contribution in [0.2, 0.25) is 0 Å². The normalized spacial score (nSPS) is 12.1. The molecular weight excluding hydrogens is 294 g/mol. The Kier molecular flexibility index (Phi) is 5.48. The van der Waals surface area contributed by atoms with Crippen molar-refractivity contribution >= 4 is 11.8 Å². The molecule has 0 saturated heterocycles. The molecule has 1 aromatic carbocycles. The van der Waals surface area contributed by atoms with Gasteiger partial charge in [0, 0.05) is 19.4 Å². The molecule has 0 spiro atoms. The standard InChI is InChI=1S/C16H21N5O2/c1-20(10-13(17)22)11-14(23)19-15(12-6-4-3-5-7-12)16-18-8-9-21(16)2/h3-9,15H,10-11H2,1-2H3,(H2,17,22)(H,19,23)/t15-/m1/s1. The summed E-state index contributed by atoms with van der Waals surface area (Å²) in [6.45, 7) is 0.114. The Bertz CT molecular complexity index is 668. The number of carbonyl (C=O) groups is 2. The van der Waals surface area contributed by atoms with Gasteiger partial charge in [0.1, 0.15) is 11.9 Å². The van der Waals surface area contributed by atoms with Gasteiger partial charge in [-0.15, -0.1) is 0 Å². The first-order chi connectivity index (χ1) is 11.0. The van der Waals surface area contributed by atoms with E-state index < -0.39 is 5.91 Å². The van der Waals surface area contributed by atoms with E-state index >= 15 is 0 Å². The SMILES string of the molecule is CN(CC(N)=O)CC(=O)N[C@H](c1ccccc1)c1nccn1C. The average Bonchev–Trinajstić information content (AvgIpc) is 2.90. The largest absolute Gasteiger partial charge is 0.369 e. The van der Waals surface area contributed by atoms with Gasteiger partial charge in [-0.2, -0.15) is 0 Å². The third-order valence-corrected chi connectivity index (χ3v) is 3.39. The molecular formula is C16H21N5O2. The highest BCUT2D eigenvalue weighted by molar-refractivity contribution is 5.80. The maximum Gasteiger partial charge on any atom is 0.235 e.